The van der Waals surface area contributed by atoms with E-state index in [4.69, 9.17) is 0 Å². The van der Waals surface area contributed by atoms with Crippen molar-refractivity contribution in [2.45, 2.75) is 13.3 Å². The number of amides is 2. The molecule has 0 fully saturated rings. The zero-order chi connectivity index (χ0) is 19.4. The highest BCUT2D eigenvalue weighted by Gasteiger charge is 2.16. The molecular formula is C19H15F2N3O2S. The first kappa shape index (κ1) is 18.7. The molecule has 0 bridgehead atoms. The fraction of sp³-hybridized carbons (Fsp3) is 0.105. The molecule has 138 valence electrons. The molecule has 2 aromatic carbocycles. The van der Waals surface area contributed by atoms with Gasteiger partial charge in [0.1, 0.15) is 22.3 Å². The van der Waals surface area contributed by atoms with Gasteiger partial charge in [-0.25, -0.2) is 13.8 Å². The van der Waals surface area contributed by atoms with Crippen molar-refractivity contribution in [2.75, 3.05) is 0 Å². The molecule has 5 nitrogen and oxygen atoms in total. The van der Waals surface area contributed by atoms with Crippen LogP contribution in [0.3, 0.4) is 0 Å². The highest BCUT2D eigenvalue weighted by atomic mass is 32.1. The molecule has 27 heavy (non-hydrogen) atoms. The van der Waals surface area contributed by atoms with Crippen LogP contribution in [0.5, 0.6) is 0 Å². The van der Waals surface area contributed by atoms with Crippen LogP contribution >= 0.6 is 11.3 Å². The van der Waals surface area contributed by atoms with Gasteiger partial charge in [0.25, 0.3) is 11.8 Å². The van der Waals surface area contributed by atoms with E-state index in [-0.39, 0.29) is 11.3 Å². The lowest BCUT2D eigenvalue weighted by Gasteiger charge is -2.06. The molecule has 1 aromatic heterocycles. The molecule has 3 rings (SSSR count). The van der Waals surface area contributed by atoms with Gasteiger partial charge in [0.15, 0.2) is 0 Å². The largest absolute Gasteiger partial charge is 0.289 e. The van der Waals surface area contributed by atoms with Gasteiger partial charge in [-0.05, 0) is 24.1 Å². The second-order valence-electron chi connectivity index (χ2n) is 5.62. The summed E-state index contributed by atoms with van der Waals surface area (Å²) in [6.45, 7) is 2.06. The zero-order valence-electron chi connectivity index (χ0n) is 14.3. The van der Waals surface area contributed by atoms with Crippen molar-refractivity contribution in [3.63, 3.8) is 0 Å². The van der Waals surface area contributed by atoms with Crippen LogP contribution < -0.4 is 10.9 Å². The maximum absolute atomic E-state index is 13.6. The van der Waals surface area contributed by atoms with Gasteiger partial charge in [-0.1, -0.05) is 31.2 Å². The van der Waals surface area contributed by atoms with Crippen molar-refractivity contribution in [3.05, 3.63) is 76.3 Å². The molecule has 0 saturated carbocycles. The monoisotopic (exact) mass is 387 g/mol. The quantitative estimate of drug-likeness (QED) is 0.670. The lowest BCUT2D eigenvalue weighted by atomic mass is 10.1. The van der Waals surface area contributed by atoms with E-state index in [2.05, 4.69) is 22.8 Å². The average Bonchev–Trinajstić information content (AvgIpc) is 3.16. The first-order valence-corrected chi connectivity index (χ1v) is 8.96. The number of nitrogens with one attached hydrogen (secondary N) is 2. The van der Waals surface area contributed by atoms with E-state index in [1.807, 2.05) is 24.3 Å². The molecule has 2 amide bonds. The molecule has 0 unspecified atom stereocenters. The van der Waals surface area contributed by atoms with Gasteiger partial charge in [0.05, 0.1) is 5.56 Å². The maximum Gasteiger partial charge on any atom is 0.289 e. The molecule has 0 saturated heterocycles. The molecule has 3 aromatic rings. The summed E-state index contributed by atoms with van der Waals surface area (Å²) in [4.78, 5) is 28.3. The van der Waals surface area contributed by atoms with Gasteiger partial charge < -0.3 is 0 Å². The Morgan fingerprint density at radius 3 is 2.41 bits per heavy atom. The molecule has 0 radical (unpaired) electrons. The third-order valence-corrected chi connectivity index (χ3v) is 4.70. The number of nitrogens with zero attached hydrogens (tertiary/aromatic N) is 1. The number of aryl methyl sites for hydroxylation is 1. The third kappa shape index (κ3) is 4.35. The van der Waals surface area contributed by atoms with Crippen LogP contribution in [0.2, 0.25) is 0 Å². The van der Waals surface area contributed by atoms with Gasteiger partial charge in [-0.15, -0.1) is 11.3 Å². The summed E-state index contributed by atoms with van der Waals surface area (Å²) < 4.78 is 26.5. The van der Waals surface area contributed by atoms with Crippen molar-refractivity contribution in [1.82, 2.24) is 15.8 Å². The normalized spacial score (nSPS) is 10.5. The SMILES string of the molecule is CCc1ccc(-c2nc(C(=O)NNC(=O)c3ccc(F)cc3F)cs2)cc1. The highest BCUT2D eigenvalue weighted by molar-refractivity contribution is 7.13. The Kier molecular flexibility index (Phi) is 5.56. The minimum atomic E-state index is -1.02. The topological polar surface area (TPSA) is 71.1 Å². The van der Waals surface area contributed by atoms with Gasteiger partial charge in [-0.2, -0.15) is 0 Å². The number of hydrogen-bond acceptors (Lipinski definition) is 4. The van der Waals surface area contributed by atoms with Crippen LogP contribution in [0.15, 0.2) is 47.8 Å². The minimum Gasteiger partial charge on any atom is -0.267 e. The van der Waals surface area contributed by atoms with E-state index in [0.717, 1.165) is 24.1 Å². The Morgan fingerprint density at radius 2 is 1.74 bits per heavy atom. The van der Waals surface area contributed by atoms with E-state index < -0.39 is 23.4 Å². The maximum atomic E-state index is 13.6. The predicted molar refractivity (Wildman–Crippen MR) is 98.2 cm³/mol. The molecular weight excluding hydrogens is 372 g/mol. The lowest BCUT2D eigenvalue weighted by molar-refractivity contribution is 0.0842. The summed E-state index contributed by atoms with van der Waals surface area (Å²) in [6, 6.07) is 10.4. The third-order valence-electron chi connectivity index (χ3n) is 3.81. The number of hydrazine groups is 1. The number of carbonyl (C=O) groups excluding carboxylic acids is 2. The molecule has 0 atom stereocenters. The molecule has 0 aliphatic heterocycles. The molecule has 8 heteroatoms. The number of halogens is 2. The summed E-state index contributed by atoms with van der Waals surface area (Å²) >= 11 is 1.29. The predicted octanol–water partition coefficient (Wildman–Crippen LogP) is 3.73. The lowest BCUT2D eigenvalue weighted by Crippen LogP contribution is -2.42. The second-order valence-corrected chi connectivity index (χ2v) is 6.48. The van der Waals surface area contributed by atoms with E-state index in [9.17, 15) is 18.4 Å². The fourth-order valence-corrected chi connectivity index (χ4v) is 3.12. The van der Waals surface area contributed by atoms with Crippen LogP contribution in [0, 0.1) is 11.6 Å². The minimum absolute atomic E-state index is 0.120. The van der Waals surface area contributed by atoms with Crippen molar-refractivity contribution in [1.29, 1.82) is 0 Å². The van der Waals surface area contributed by atoms with Crippen LogP contribution in [-0.2, 0) is 6.42 Å². The van der Waals surface area contributed by atoms with Crippen molar-refractivity contribution in [2.24, 2.45) is 0 Å². The Morgan fingerprint density at radius 1 is 1.04 bits per heavy atom. The van der Waals surface area contributed by atoms with Gasteiger partial charge in [0, 0.05) is 17.0 Å². The van der Waals surface area contributed by atoms with Gasteiger partial charge >= 0.3 is 0 Å². The van der Waals surface area contributed by atoms with Crippen LogP contribution in [0.4, 0.5) is 8.78 Å². The summed E-state index contributed by atoms with van der Waals surface area (Å²) in [7, 11) is 0. The van der Waals surface area contributed by atoms with Crippen LogP contribution in [0.1, 0.15) is 33.3 Å². The Balaban J connectivity index is 1.64. The fourth-order valence-electron chi connectivity index (χ4n) is 2.31. The summed E-state index contributed by atoms with van der Waals surface area (Å²) in [5.74, 6) is -3.35. The molecule has 0 aliphatic rings. The second kappa shape index (κ2) is 8.05. The number of benzene rings is 2. The van der Waals surface area contributed by atoms with Crippen molar-refractivity contribution >= 4 is 23.2 Å². The molecule has 0 spiro atoms. The van der Waals surface area contributed by atoms with Crippen molar-refractivity contribution < 1.29 is 18.4 Å². The standard InChI is InChI=1S/C19H15F2N3O2S/c1-2-11-3-5-12(6-4-11)19-22-16(10-27-19)18(26)24-23-17(25)14-8-7-13(20)9-15(14)21/h3-10H,2H2,1H3,(H,23,25)(H,24,26). The van der Waals surface area contributed by atoms with E-state index in [1.165, 1.54) is 16.9 Å². The Labute approximate surface area is 158 Å². The molecule has 2 N–H and O–H groups in total. The number of thiazole rings is 1. The number of aromatic nitrogens is 1. The van der Waals surface area contributed by atoms with E-state index in [1.54, 1.807) is 5.38 Å². The summed E-state index contributed by atoms with van der Waals surface area (Å²) in [6.07, 6.45) is 0.931. The zero-order valence-corrected chi connectivity index (χ0v) is 15.1. The number of carbonyl (C=O) groups is 2. The van der Waals surface area contributed by atoms with Gasteiger partial charge in [-0.3, -0.25) is 20.4 Å². The van der Waals surface area contributed by atoms with Crippen LogP contribution in [-0.4, -0.2) is 16.8 Å². The Hall–Kier alpha value is -3.13. The first-order valence-electron chi connectivity index (χ1n) is 8.08. The van der Waals surface area contributed by atoms with E-state index >= 15 is 0 Å². The number of hydrogen-bond donors (Lipinski definition) is 2. The molecule has 1 heterocycles. The average molecular weight is 387 g/mol. The Bertz CT molecular complexity index is 987. The summed E-state index contributed by atoms with van der Waals surface area (Å²) in [5, 5.41) is 2.22. The molecule has 0 aliphatic carbocycles. The van der Waals surface area contributed by atoms with Gasteiger partial charge in [0.2, 0.25) is 0 Å². The van der Waals surface area contributed by atoms with Crippen LogP contribution in [0.25, 0.3) is 10.6 Å². The summed E-state index contributed by atoms with van der Waals surface area (Å²) in [5.41, 5.74) is 6.07. The smallest absolute Gasteiger partial charge is 0.267 e. The first-order chi connectivity index (χ1) is 13.0. The van der Waals surface area contributed by atoms with Crippen molar-refractivity contribution in [3.8, 4) is 10.6 Å². The number of rotatable bonds is 4. The highest BCUT2D eigenvalue weighted by Crippen LogP contribution is 2.24. The van der Waals surface area contributed by atoms with E-state index in [0.29, 0.717) is 11.1 Å².